The number of nitrogens with zero attached hydrogens (tertiary/aromatic N) is 3. The maximum Gasteiger partial charge on any atom is 0.361 e. The SMILES string of the molecule is CCOP(=O)(OCC)c1ccc(C(C)(C)C(=O)Cc2cnc(-n3cccn3)[nH]c2=O)cc1. The number of carbonyl (C=O) groups is 1. The van der Waals surface area contributed by atoms with Gasteiger partial charge in [-0.3, -0.25) is 19.1 Å². The number of aromatic amines is 1. The number of nitrogens with one attached hydrogen (secondary N) is 1. The van der Waals surface area contributed by atoms with Crippen molar-refractivity contribution in [3.05, 3.63) is 70.4 Å². The lowest BCUT2D eigenvalue weighted by Crippen LogP contribution is -2.33. The van der Waals surface area contributed by atoms with Gasteiger partial charge in [-0.1, -0.05) is 12.1 Å². The third-order valence-corrected chi connectivity index (χ3v) is 7.26. The minimum Gasteiger partial charge on any atom is -0.305 e. The number of rotatable bonds is 10. The number of aromatic nitrogens is 4. The Hall–Kier alpha value is -2.87. The van der Waals surface area contributed by atoms with E-state index in [4.69, 9.17) is 9.05 Å². The Labute approximate surface area is 186 Å². The third kappa shape index (κ3) is 4.96. The van der Waals surface area contributed by atoms with E-state index in [1.807, 2.05) is 0 Å². The quantitative estimate of drug-likeness (QED) is 0.464. The van der Waals surface area contributed by atoms with Gasteiger partial charge in [0.1, 0.15) is 5.78 Å². The van der Waals surface area contributed by atoms with Crippen LogP contribution in [0.1, 0.15) is 38.8 Å². The van der Waals surface area contributed by atoms with E-state index in [0.29, 0.717) is 5.30 Å². The zero-order valence-electron chi connectivity index (χ0n) is 18.6. The molecule has 9 nitrogen and oxygen atoms in total. The zero-order chi connectivity index (χ0) is 23.4. The summed E-state index contributed by atoms with van der Waals surface area (Å²) >= 11 is 0. The molecule has 10 heteroatoms. The summed E-state index contributed by atoms with van der Waals surface area (Å²) < 4.78 is 25.1. The predicted octanol–water partition coefficient (Wildman–Crippen LogP) is 2.94. The second kappa shape index (κ2) is 9.73. The minimum atomic E-state index is -3.40. The van der Waals surface area contributed by atoms with Gasteiger partial charge in [-0.25, -0.2) is 9.67 Å². The molecule has 0 saturated carbocycles. The lowest BCUT2D eigenvalue weighted by Gasteiger charge is -2.24. The number of H-pyrrole nitrogens is 1. The molecule has 3 aromatic rings. The lowest BCUT2D eigenvalue weighted by molar-refractivity contribution is -0.122. The molecular weight excluding hydrogens is 431 g/mol. The summed E-state index contributed by atoms with van der Waals surface area (Å²) in [6, 6.07) is 8.50. The van der Waals surface area contributed by atoms with E-state index in [1.54, 1.807) is 70.4 Å². The van der Waals surface area contributed by atoms with Gasteiger partial charge in [0.25, 0.3) is 5.56 Å². The molecule has 3 rings (SSSR count). The number of ketones is 1. The molecule has 0 aliphatic heterocycles. The Balaban J connectivity index is 1.79. The summed E-state index contributed by atoms with van der Waals surface area (Å²) in [7, 11) is -3.40. The first-order valence-corrected chi connectivity index (χ1v) is 11.9. The first-order chi connectivity index (χ1) is 15.2. The van der Waals surface area contributed by atoms with Gasteiger partial charge in [0, 0.05) is 36.0 Å². The van der Waals surface area contributed by atoms with Gasteiger partial charge >= 0.3 is 7.60 Å². The fourth-order valence-corrected chi connectivity index (χ4v) is 4.76. The monoisotopic (exact) mass is 458 g/mol. The van der Waals surface area contributed by atoms with Crippen LogP contribution >= 0.6 is 7.60 Å². The molecule has 1 N–H and O–H groups in total. The highest BCUT2D eigenvalue weighted by Gasteiger charge is 2.32. The van der Waals surface area contributed by atoms with Crippen molar-refractivity contribution < 1.29 is 18.4 Å². The van der Waals surface area contributed by atoms with Crippen LogP contribution in [0.2, 0.25) is 0 Å². The van der Waals surface area contributed by atoms with Crippen LogP contribution in [-0.2, 0) is 30.2 Å². The second-order valence-corrected chi connectivity index (χ2v) is 9.64. The highest BCUT2D eigenvalue weighted by Crippen LogP contribution is 2.46. The fraction of sp³-hybridized carbons (Fsp3) is 0.364. The molecular formula is C22H27N4O5P. The van der Waals surface area contributed by atoms with Gasteiger partial charge in [-0.15, -0.1) is 0 Å². The summed E-state index contributed by atoms with van der Waals surface area (Å²) in [6.07, 6.45) is 4.55. The Bertz CT molecular complexity index is 1160. The van der Waals surface area contributed by atoms with E-state index in [-0.39, 0.29) is 42.5 Å². The van der Waals surface area contributed by atoms with Crippen molar-refractivity contribution in [2.24, 2.45) is 0 Å². The van der Waals surface area contributed by atoms with E-state index < -0.39 is 13.0 Å². The van der Waals surface area contributed by atoms with Gasteiger partial charge in [0.15, 0.2) is 0 Å². The maximum absolute atomic E-state index is 13.1. The lowest BCUT2D eigenvalue weighted by atomic mass is 9.79. The topological polar surface area (TPSA) is 116 Å². The maximum atomic E-state index is 13.1. The summed E-state index contributed by atoms with van der Waals surface area (Å²) in [4.78, 5) is 32.4. The van der Waals surface area contributed by atoms with Gasteiger partial charge in [-0.2, -0.15) is 5.10 Å². The van der Waals surface area contributed by atoms with E-state index in [2.05, 4.69) is 15.1 Å². The van der Waals surface area contributed by atoms with Crippen molar-refractivity contribution in [2.75, 3.05) is 13.2 Å². The molecule has 0 atom stereocenters. The Morgan fingerprint density at radius 3 is 2.34 bits per heavy atom. The summed E-state index contributed by atoms with van der Waals surface area (Å²) in [5.74, 6) is 0.126. The Morgan fingerprint density at radius 1 is 1.16 bits per heavy atom. The van der Waals surface area contributed by atoms with Crippen molar-refractivity contribution in [1.82, 2.24) is 19.7 Å². The molecule has 32 heavy (non-hydrogen) atoms. The van der Waals surface area contributed by atoms with Gasteiger partial charge in [-0.05, 0) is 51.5 Å². The summed E-state index contributed by atoms with van der Waals surface area (Å²) in [6.45, 7) is 7.58. The van der Waals surface area contributed by atoms with E-state index >= 15 is 0 Å². The average molecular weight is 458 g/mol. The smallest absolute Gasteiger partial charge is 0.305 e. The first kappa shape index (κ1) is 23.8. The first-order valence-electron chi connectivity index (χ1n) is 10.3. The predicted molar refractivity (Wildman–Crippen MR) is 121 cm³/mol. The molecule has 2 aromatic heterocycles. The number of carbonyl (C=O) groups excluding carboxylic acids is 1. The molecule has 0 amide bonds. The third-order valence-electron chi connectivity index (χ3n) is 5.13. The molecule has 0 bridgehead atoms. The van der Waals surface area contributed by atoms with E-state index in [9.17, 15) is 14.2 Å². The molecule has 2 heterocycles. The van der Waals surface area contributed by atoms with Crippen LogP contribution in [0.5, 0.6) is 0 Å². The van der Waals surface area contributed by atoms with Gasteiger partial charge < -0.3 is 9.05 Å². The highest BCUT2D eigenvalue weighted by molar-refractivity contribution is 7.62. The van der Waals surface area contributed by atoms with Crippen LogP contribution in [0.25, 0.3) is 5.95 Å². The number of hydrogen-bond donors (Lipinski definition) is 1. The van der Waals surface area contributed by atoms with Crippen molar-refractivity contribution in [3.8, 4) is 5.95 Å². The zero-order valence-corrected chi connectivity index (χ0v) is 19.5. The fourth-order valence-electron chi connectivity index (χ4n) is 3.19. The molecule has 0 aliphatic carbocycles. The van der Waals surface area contributed by atoms with Gasteiger partial charge in [0.05, 0.1) is 18.5 Å². The molecule has 0 saturated heterocycles. The number of hydrogen-bond acceptors (Lipinski definition) is 7. The van der Waals surface area contributed by atoms with Crippen molar-refractivity contribution in [2.45, 2.75) is 39.5 Å². The van der Waals surface area contributed by atoms with E-state index in [1.165, 1.54) is 10.9 Å². The van der Waals surface area contributed by atoms with Crippen molar-refractivity contribution in [1.29, 1.82) is 0 Å². The molecule has 0 fully saturated rings. The van der Waals surface area contributed by atoms with Gasteiger partial charge in [0.2, 0.25) is 5.95 Å². The highest BCUT2D eigenvalue weighted by atomic mass is 31.2. The van der Waals surface area contributed by atoms with Crippen LogP contribution < -0.4 is 10.9 Å². The van der Waals surface area contributed by atoms with Crippen LogP contribution in [0, 0.1) is 0 Å². The van der Waals surface area contributed by atoms with E-state index in [0.717, 1.165) is 5.56 Å². The number of benzene rings is 1. The average Bonchev–Trinajstić information content (AvgIpc) is 3.30. The molecule has 0 spiro atoms. The Kier molecular flexibility index (Phi) is 7.23. The van der Waals surface area contributed by atoms with Crippen LogP contribution in [0.15, 0.2) is 53.7 Å². The van der Waals surface area contributed by atoms with Crippen LogP contribution in [-0.4, -0.2) is 38.7 Å². The molecule has 0 unspecified atom stereocenters. The largest absolute Gasteiger partial charge is 0.361 e. The van der Waals surface area contributed by atoms with Crippen LogP contribution in [0.4, 0.5) is 0 Å². The standard InChI is InChI=1S/C22H27N4O5P/c1-5-30-32(29,31-6-2)18-10-8-17(9-11-18)22(3,4)19(27)14-16-15-23-21(25-20(16)28)26-13-7-12-24-26/h7-13,15H,5-6,14H2,1-4H3,(H,23,25,28). The second-order valence-electron chi connectivity index (χ2n) is 7.62. The van der Waals surface area contributed by atoms with Crippen molar-refractivity contribution >= 4 is 18.7 Å². The summed E-state index contributed by atoms with van der Waals surface area (Å²) in [5, 5.41) is 4.46. The van der Waals surface area contributed by atoms with Crippen LogP contribution in [0.3, 0.4) is 0 Å². The molecule has 1 aromatic carbocycles. The normalized spacial score (nSPS) is 12.1. The molecule has 0 radical (unpaired) electrons. The Morgan fingerprint density at radius 2 is 1.81 bits per heavy atom. The molecule has 170 valence electrons. The van der Waals surface area contributed by atoms with Crippen molar-refractivity contribution in [3.63, 3.8) is 0 Å². The minimum absolute atomic E-state index is 0.0765. The molecule has 0 aliphatic rings. The number of Topliss-reactive ketones (excluding diaryl/α,β-unsaturated/α-hetero) is 1. The summed E-state index contributed by atoms with van der Waals surface area (Å²) in [5.41, 5.74) is -0.275.